The van der Waals surface area contributed by atoms with E-state index in [0.29, 0.717) is 12.8 Å². The molecule has 1 amide bonds. The van der Waals surface area contributed by atoms with Crippen LogP contribution in [0.5, 0.6) is 0 Å². The van der Waals surface area contributed by atoms with Gasteiger partial charge in [0.05, 0.1) is 32.0 Å². The molecule has 2 aliphatic heterocycles. The third kappa shape index (κ3) is 41.1. The Hall–Kier alpha value is -1.53. The van der Waals surface area contributed by atoms with Gasteiger partial charge in [-0.2, -0.15) is 0 Å². The molecule has 0 aromatic carbocycles. The summed E-state index contributed by atoms with van der Waals surface area (Å²) in [5.74, 6) is -0.200. The van der Waals surface area contributed by atoms with Crippen molar-refractivity contribution in [2.45, 2.75) is 408 Å². The maximum absolute atomic E-state index is 13.4. The predicted molar refractivity (Wildman–Crippen MR) is 351 cm³/mol. The lowest BCUT2D eigenvalue weighted by Gasteiger charge is -2.46. The molecular weight excluding hydrogens is 1090 g/mol. The number of amides is 1. The number of carbonyl (C=O) groups is 1. The number of rotatable bonds is 61. The topological polar surface area (TPSA) is 228 Å². The van der Waals surface area contributed by atoms with Crippen molar-refractivity contribution in [3.05, 3.63) is 24.3 Å². The van der Waals surface area contributed by atoms with Crippen LogP contribution in [0, 0.1) is 0 Å². The summed E-state index contributed by atoms with van der Waals surface area (Å²) in [5.41, 5.74) is 0. The van der Waals surface area contributed by atoms with Crippen LogP contribution in [0.15, 0.2) is 24.3 Å². The Morgan fingerprint density at radius 2 is 0.767 bits per heavy atom. The van der Waals surface area contributed by atoms with E-state index in [1.807, 2.05) is 0 Å². The van der Waals surface area contributed by atoms with Gasteiger partial charge in [0.25, 0.3) is 0 Å². The SMILES string of the molecule is CCCCCCC/C=C\C/C=C\CCCCCCCCCCCCCCCCCCCC(=O)NC(COC1OC(CO)C(OC2OC(CO)C(O)C(O)C2O)C(O)C1O)C(O)CCCCCCCCCCCCCCCCCCCCCCCCC. The molecule has 2 saturated heterocycles. The van der Waals surface area contributed by atoms with Gasteiger partial charge >= 0.3 is 0 Å². The fourth-order valence-corrected chi connectivity index (χ4v) is 12.3. The minimum Gasteiger partial charge on any atom is -0.394 e. The normalized spacial score (nSPS) is 23.5. The van der Waals surface area contributed by atoms with E-state index in [1.165, 1.54) is 250 Å². The number of allylic oxidation sites excluding steroid dienone is 4. The van der Waals surface area contributed by atoms with E-state index in [2.05, 4.69) is 43.5 Å². The number of aliphatic hydroxyl groups excluding tert-OH is 8. The monoisotopic (exact) mass is 1220 g/mol. The first-order chi connectivity index (χ1) is 42.1. The molecule has 0 radical (unpaired) electrons. The molecular formula is C72H137NO13. The van der Waals surface area contributed by atoms with Gasteiger partial charge in [-0.25, -0.2) is 0 Å². The van der Waals surface area contributed by atoms with Crippen LogP contribution in [-0.2, 0) is 23.7 Å². The summed E-state index contributed by atoms with van der Waals surface area (Å²) in [7, 11) is 0. The summed E-state index contributed by atoms with van der Waals surface area (Å²) in [6.07, 6.45) is 54.8. The number of unbranched alkanes of at least 4 members (excludes halogenated alkanes) is 44. The summed E-state index contributed by atoms with van der Waals surface area (Å²) in [6, 6.07) is -0.828. The highest BCUT2D eigenvalue weighted by Gasteiger charge is 2.51. The van der Waals surface area contributed by atoms with Crippen LogP contribution >= 0.6 is 0 Å². The largest absolute Gasteiger partial charge is 0.394 e. The molecule has 0 spiro atoms. The summed E-state index contributed by atoms with van der Waals surface area (Å²) >= 11 is 0. The van der Waals surface area contributed by atoms with E-state index in [9.17, 15) is 45.6 Å². The lowest BCUT2D eigenvalue weighted by Crippen LogP contribution is -2.65. The molecule has 0 aromatic heterocycles. The molecule has 2 rings (SSSR count). The fourth-order valence-electron chi connectivity index (χ4n) is 12.3. The average Bonchev–Trinajstić information content (AvgIpc) is 2.53. The Balaban J connectivity index is 1.65. The minimum absolute atomic E-state index is 0.200. The number of carbonyl (C=O) groups excluding carboxylic acids is 1. The van der Waals surface area contributed by atoms with Crippen LogP contribution in [-0.4, -0.2) is 140 Å². The van der Waals surface area contributed by atoms with Crippen LogP contribution in [0.2, 0.25) is 0 Å². The second-order valence-corrected chi connectivity index (χ2v) is 26.1. The lowest BCUT2D eigenvalue weighted by molar-refractivity contribution is -0.359. The summed E-state index contributed by atoms with van der Waals surface area (Å²) in [4.78, 5) is 13.4. The van der Waals surface area contributed by atoms with Gasteiger partial charge < -0.3 is 65.1 Å². The second kappa shape index (κ2) is 57.4. The Morgan fingerprint density at radius 1 is 0.419 bits per heavy atom. The standard InChI is InChI=1S/C72H137NO13/c1-3-5-7-9-11-13-15-17-19-21-23-25-27-28-29-30-31-32-34-36-38-40-42-44-46-48-50-52-54-56-64(77)73-60(59-83-71-69(82)67(80)70(63(58-75)85-71)86-72-68(81)66(79)65(78)62(57-74)84-72)61(76)55-53-51-49-47-45-43-41-39-37-35-33-26-24-22-20-18-16-14-12-10-8-6-4-2/h15,17,21,23,60-63,65-72,74-76,78-82H,3-14,16,18-20,22,24-59H2,1-2H3,(H,73,77)/b17-15-,23-21-. The van der Waals surface area contributed by atoms with Gasteiger partial charge in [-0.05, 0) is 44.9 Å². The van der Waals surface area contributed by atoms with E-state index in [4.69, 9.17) is 18.9 Å². The number of aliphatic hydroxyl groups is 8. The molecule has 12 unspecified atom stereocenters. The van der Waals surface area contributed by atoms with Crippen LogP contribution in [0.25, 0.3) is 0 Å². The predicted octanol–water partition coefficient (Wildman–Crippen LogP) is 15.1. The molecule has 0 aliphatic carbocycles. The zero-order valence-electron chi connectivity index (χ0n) is 55.3. The highest BCUT2D eigenvalue weighted by Crippen LogP contribution is 2.30. The molecule has 2 fully saturated rings. The van der Waals surface area contributed by atoms with E-state index >= 15 is 0 Å². The van der Waals surface area contributed by atoms with Crippen LogP contribution < -0.4 is 5.32 Å². The number of nitrogens with one attached hydrogen (secondary N) is 1. The van der Waals surface area contributed by atoms with Crippen LogP contribution in [0.1, 0.15) is 335 Å². The van der Waals surface area contributed by atoms with Crippen LogP contribution in [0.4, 0.5) is 0 Å². The van der Waals surface area contributed by atoms with Crippen molar-refractivity contribution in [1.82, 2.24) is 5.32 Å². The van der Waals surface area contributed by atoms with Crippen molar-refractivity contribution in [3.63, 3.8) is 0 Å². The molecule has 0 aromatic rings. The number of ether oxygens (including phenoxy) is 4. The Bertz CT molecular complexity index is 1540. The lowest BCUT2D eigenvalue weighted by atomic mass is 9.97. The summed E-state index contributed by atoms with van der Waals surface area (Å²) in [6.45, 7) is 2.91. The molecule has 2 heterocycles. The zero-order chi connectivity index (χ0) is 62.3. The van der Waals surface area contributed by atoms with Crippen molar-refractivity contribution in [1.29, 1.82) is 0 Å². The quantitative estimate of drug-likeness (QED) is 0.0204. The maximum atomic E-state index is 13.4. The van der Waals surface area contributed by atoms with Gasteiger partial charge in [-0.3, -0.25) is 4.79 Å². The Morgan fingerprint density at radius 3 is 1.16 bits per heavy atom. The van der Waals surface area contributed by atoms with Crippen molar-refractivity contribution < 1.29 is 64.6 Å². The van der Waals surface area contributed by atoms with E-state index in [1.54, 1.807) is 0 Å². The second-order valence-electron chi connectivity index (χ2n) is 26.1. The van der Waals surface area contributed by atoms with Gasteiger partial charge in [-0.15, -0.1) is 0 Å². The highest BCUT2D eigenvalue weighted by molar-refractivity contribution is 5.76. The Kier molecular flexibility index (Phi) is 53.7. The van der Waals surface area contributed by atoms with Crippen LogP contribution in [0.3, 0.4) is 0 Å². The molecule has 86 heavy (non-hydrogen) atoms. The zero-order valence-corrected chi connectivity index (χ0v) is 55.3. The third-order valence-electron chi connectivity index (χ3n) is 18.2. The molecule has 14 nitrogen and oxygen atoms in total. The smallest absolute Gasteiger partial charge is 0.220 e. The average molecular weight is 1220 g/mol. The summed E-state index contributed by atoms with van der Waals surface area (Å²) < 4.78 is 22.9. The molecule has 9 N–H and O–H groups in total. The van der Waals surface area contributed by atoms with Gasteiger partial charge in [0.2, 0.25) is 5.91 Å². The van der Waals surface area contributed by atoms with E-state index < -0.39 is 86.8 Å². The molecule has 14 heteroatoms. The highest BCUT2D eigenvalue weighted by atomic mass is 16.7. The van der Waals surface area contributed by atoms with Gasteiger partial charge in [0.1, 0.15) is 48.8 Å². The first-order valence-electron chi connectivity index (χ1n) is 36.6. The van der Waals surface area contributed by atoms with Gasteiger partial charge in [0, 0.05) is 6.42 Å². The summed E-state index contributed by atoms with van der Waals surface area (Å²) in [5, 5.41) is 87.7. The van der Waals surface area contributed by atoms with Crippen molar-refractivity contribution in [2.24, 2.45) is 0 Å². The molecule has 0 saturated carbocycles. The van der Waals surface area contributed by atoms with E-state index in [-0.39, 0.29) is 12.5 Å². The molecule has 12 atom stereocenters. The molecule has 0 bridgehead atoms. The maximum Gasteiger partial charge on any atom is 0.220 e. The van der Waals surface area contributed by atoms with Crippen molar-refractivity contribution >= 4 is 5.91 Å². The fraction of sp³-hybridized carbons (Fsp3) is 0.931. The first-order valence-corrected chi connectivity index (χ1v) is 36.6. The number of hydrogen-bond donors (Lipinski definition) is 9. The molecule has 2 aliphatic rings. The van der Waals surface area contributed by atoms with Gasteiger partial charge in [-0.1, -0.05) is 308 Å². The van der Waals surface area contributed by atoms with Crippen molar-refractivity contribution in [2.75, 3.05) is 19.8 Å². The number of hydrogen-bond acceptors (Lipinski definition) is 13. The third-order valence-corrected chi connectivity index (χ3v) is 18.2. The first kappa shape index (κ1) is 80.6. The van der Waals surface area contributed by atoms with Crippen molar-refractivity contribution in [3.8, 4) is 0 Å². The van der Waals surface area contributed by atoms with E-state index in [0.717, 1.165) is 57.8 Å². The Labute approximate surface area is 526 Å². The molecule has 508 valence electrons. The minimum atomic E-state index is -1.78. The van der Waals surface area contributed by atoms with Gasteiger partial charge in [0.15, 0.2) is 12.6 Å².